The molecule has 2 aromatic carbocycles. The van der Waals surface area contributed by atoms with Crippen molar-refractivity contribution in [2.45, 2.75) is 0 Å². The molecule has 0 aliphatic rings. The van der Waals surface area contributed by atoms with Gasteiger partial charge in [-0.05, 0) is 24.3 Å². The predicted molar refractivity (Wildman–Crippen MR) is 69.3 cm³/mol. The molecule has 0 radical (unpaired) electrons. The van der Waals surface area contributed by atoms with E-state index in [1.165, 1.54) is 18.2 Å². The number of carbonyl (C=O) groups is 2. The number of para-hydroxylation sites is 1. The third-order valence-electron chi connectivity index (χ3n) is 2.64. The monoisotopic (exact) mass is 276 g/mol. The summed E-state index contributed by atoms with van der Waals surface area (Å²) in [4.78, 5) is 23.1. The Bertz CT molecular complexity index is 687. The average molecular weight is 276 g/mol. The highest BCUT2D eigenvalue weighted by atomic mass is 19.2. The van der Waals surface area contributed by atoms with Gasteiger partial charge >= 0.3 is 0 Å². The van der Waals surface area contributed by atoms with Crippen molar-refractivity contribution in [1.29, 1.82) is 0 Å². The van der Waals surface area contributed by atoms with Crippen LogP contribution in [0.5, 0.6) is 0 Å². The van der Waals surface area contributed by atoms with Crippen molar-refractivity contribution in [2.24, 2.45) is 5.73 Å². The van der Waals surface area contributed by atoms with E-state index in [0.717, 1.165) is 12.1 Å². The van der Waals surface area contributed by atoms with Gasteiger partial charge in [-0.15, -0.1) is 0 Å². The Balaban J connectivity index is 2.33. The molecule has 0 aromatic heterocycles. The van der Waals surface area contributed by atoms with E-state index < -0.39 is 29.0 Å². The van der Waals surface area contributed by atoms with Gasteiger partial charge in [-0.3, -0.25) is 9.59 Å². The van der Waals surface area contributed by atoms with Gasteiger partial charge < -0.3 is 11.1 Å². The minimum absolute atomic E-state index is 0.0812. The molecule has 2 amide bonds. The highest BCUT2D eigenvalue weighted by Crippen LogP contribution is 2.17. The third kappa shape index (κ3) is 2.64. The minimum Gasteiger partial charge on any atom is -0.366 e. The molecule has 0 fully saturated rings. The van der Waals surface area contributed by atoms with Crippen molar-refractivity contribution in [2.75, 3.05) is 5.32 Å². The van der Waals surface area contributed by atoms with E-state index >= 15 is 0 Å². The lowest BCUT2D eigenvalue weighted by Crippen LogP contribution is -2.19. The molecule has 0 heterocycles. The summed E-state index contributed by atoms with van der Waals surface area (Å²) >= 11 is 0. The summed E-state index contributed by atoms with van der Waals surface area (Å²) in [6.07, 6.45) is 0. The smallest absolute Gasteiger partial charge is 0.258 e. The van der Waals surface area contributed by atoms with E-state index in [4.69, 9.17) is 5.73 Å². The van der Waals surface area contributed by atoms with Gasteiger partial charge in [-0.2, -0.15) is 0 Å². The Hall–Kier alpha value is -2.76. The van der Waals surface area contributed by atoms with E-state index in [-0.39, 0.29) is 11.3 Å². The molecule has 0 aliphatic heterocycles. The normalized spacial score (nSPS) is 10.1. The summed E-state index contributed by atoms with van der Waals surface area (Å²) < 4.78 is 26.5. The topological polar surface area (TPSA) is 72.2 Å². The molecule has 0 saturated carbocycles. The lowest BCUT2D eigenvalue weighted by atomic mass is 10.1. The van der Waals surface area contributed by atoms with Gasteiger partial charge in [-0.1, -0.05) is 18.2 Å². The molecule has 0 spiro atoms. The first-order chi connectivity index (χ1) is 9.50. The minimum atomic E-state index is -1.25. The van der Waals surface area contributed by atoms with Crippen LogP contribution < -0.4 is 11.1 Å². The predicted octanol–water partition coefficient (Wildman–Crippen LogP) is 2.32. The van der Waals surface area contributed by atoms with Crippen LogP contribution in [0, 0.1) is 11.6 Å². The number of benzene rings is 2. The molecule has 20 heavy (non-hydrogen) atoms. The van der Waals surface area contributed by atoms with E-state index in [1.54, 1.807) is 12.1 Å². The summed E-state index contributed by atoms with van der Waals surface area (Å²) in [7, 11) is 0. The second kappa shape index (κ2) is 5.48. The van der Waals surface area contributed by atoms with Gasteiger partial charge in [0.15, 0.2) is 11.6 Å². The number of halogens is 2. The molecule has 6 heteroatoms. The molecular formula is C14H10F2N2O2. The fourth-order valence-corrected chi connectivity index (χ4v) is 1.68. The number of primary amides is 1. The fraction of sp³-hybridized carbons (Fsp3) is 0. The molecule has 2 rings (SSSR count). The quantitative estimate of drug-likeness (QED) is 0.903. The molecule has 4 nitrogen and oxygen atoms in total. The molecule has 2 aromatic rings. The maximum Gasteiger partial charge on any atom is 0.258 e. The molecule has 0 saturated heterocycles. The van der Waals surface area contributed by atoms with Gasteiger partial charge in [0.25, 0.3) is 11.8 Å². The van der Waals surface area contributed by atoms with Gasteiger partial charge in [-0.25, -0.2) is 8.78 Å². The molecule has 102 valence electrons. The Kier molecular flexibility index (Phi) is 3.74. The second-order valence-corrected chi connectivity index (χ2v) is 3.97. The van der Waals surface area contributed by atoms with Crippen LogP contribution in [0.2, 0.25) is 0 Å². The number of rotatable bonds is 3. The largest absolute Gasteiger partial charge is 0.366 e. The molecule has 0 atom stereocenters. The van der Waals surface area contributed by atoms with Gasteiger partial charge in [0.1, 0.15) is 0 Å². The fourth-order valence-electron chi connectivity index (χ4n) is 1.68. The van der Waals surface area contributed by atoms with E-state index in [9.17, 15) is 18.4 Å². The SMILES string of the molecule is NC(=O)c1ccccc1NC(=O)c1cccc(F)c1F. The van der Waals surface area contributed by atoms with Gasteiger partial charge in [0.05, 0.1) is 16.8 Å². The number of carbonyl (C=O) groups excluding carboxylic acids is 2. The number of nitrogens with two attached hydrogens (primary N) is 1. The van der Waals surface area contributed by atoms with Gasteiger partial charge in [0.2, 0.25) is 0 Å². The standard InChI is InChI=1S/C14H10F2N2O2/c15-10-6-3-5-9(12(10)16)14(20)18-11-7-2-1-4-8(11)13(17)19/h1-7H,(H2,17,19)(H,18,20). The zero-order valence-electron chi connectivity index (χ0n) is 10.2. The van der Waals surface area contributed by atoms with Crippen LogP contribution in [0.25, 0.3) is 0 Å². The van der Waals surface area contributed by atoms with Crippen molar-refractivity contribution in [3.63, 3.8) is 0 Å². The van der Waals surface area contributed by atoms with E-state index in [1.807, 2.05) is 0 Å². The first kappa shape index (κ1) is 13.7. The third-order valence-corrected chi connectivity index (χ3v) is 2.64. The summed E-state index contributed by atoms with van der Waals surface area (Å²) in [6, 6.07) is 9.26. The molecule has 0 unspecified atom stereocenters. The van der Waals surface area contributed by atoms with Crippen LogP contribution >= 0.6 is 0 Å². The molecule has 0 aliphatic carbocycles. The summed E-state index contributed by atoms with van der Waals surface area (Å²) in [5.74, 6) is -3.97. The number of anilines is 1. The first-order valence-corrected chi connectivity index (χ1v) is 5.65. The lowest BCUT2D eigenvalue weighted by molar-refractivity contribution is 0.100. The van der Waals surface area contributed by atoms with Crippen molar-refractivity contribution in [3.05, 3.63) is 65.2 Å². The van der Waals surface area contributed by atoms with Crippen LogP contribution in [0.15, 0.2) is 42.5 Å². The zero-order chi connectivity index (χ0) is 14.7. The Morgan fingerprint density at radius 1 is 0.950 bits per heavy atom. The van der Waals surface area contributed by atoms with Crippen LogP contribution in [0.1, 0.15) is 20.7 Å². The first-order valence-electron chi connectivity index (χ1n) is 5.65. The Labute approximate surface area is 113 Å². The van der Waals surface area contributed by atoms with Crippen molar-refractivity contribution in [1.82, 2.24) is 0 Å². The van der Waals surface area contributed by atoms with Crippen LogP contribution in [-0.4, -0.2) is 11.8 Å². The maximum absolute atomic E-state index is 13.5. The highest BCUT2D eigenvalue weighted by Gasteiger charge is 2.17. The van der Waals surface area contributed by atoms with Crippen LogP contribution in [0.4, 0.5) is 14.5 Å². The summed E-state index contributed by atoms with van der Waals surface area (Å²) in [5.41, 5.74) is 4.92. The molecule has 3 N–H and O–H groups in total. The Morgan fingerprint density at radius 2 is 1.60 bits per heavy atom. The van der Waals surface area contributed by atoms with E-state index in [0.29, 0.717) is 0 Å². The summed E-state index contributed by atoms with van der Waals surface area (Å²) in [6.45, 7) is 0. The molecular weight excluding hydrogens is 266 g/mol. The number of nitrogens with one attached hydrogen (secondary N) is 1. The number of amides is 2. The summed E-state index contributed by atoms with van der Waals surface area (Å²) in [5, 5.41) is 2.33. The molecule has 0 bridgehead atoms. The van der Waals surface area contributed by atoms with Crippen LogP contribution in [-0.2, 0) is 0 Å². The number of hydrogen-bond donors (Lipinski definition) is 2. The lowest BCUT2D eigenvalue weighted by Gasteiger charge is -2.09. The van der Waals surface area contributed by atoms with Gasteiger partial charge in [0, 0.05) is 0 Å². The van der Waals surface area contributed by atoms with Crippen molar-refractivity contribution in [3.8, 4) is 0 Å². The zero-order valence-corrected chi connectivity index (χ0v) is 10.2. The maximum atomic E-state index is 13.5. The highest BCUT2D eigenvalue weighted by molar-refractivity contribution is 6.08. The number of hydrogen-bond acceptors (Lipinski definition) is 2. The van der Waals surface area contributed by atoms with Crippen molar-refractivity contribution >= 4 is 17.5 Å². The second-order valence-electron chi connectivity index (χ2n) is 3.97. The Morgan fingerprint density at radius 3 is 2.30 bits per heavy atom. The van der Waals surface area contributed by atoms with Crippen molar-refractivity contribution < 1.29 is 18.4 Å². The van der Waals surface area contributed by atoms with E-state index in [2.05, 4.69) is 5.32 Å². The van der Waals surface area contributed by atoms with Crippen LogP contribution in [0.3, 0.4) is 0 Å². The average Bonchev–Trinajstić information content (AvgIpc) is 2.42.